The molecule has 0 bridgehead atoms. The Balaban J connectivity index is 1.98. The fourth-order valence-electron chi connectivity index (χ4n) is 2.24. The Morgan fingerprint density at radius 1 is 1.25 bits per heavy atom. The highest BCUT2D eigenvalue weighted by Gasteiger charge is 2.22. The zero-order chi connectivity index (χ0) is 17.4. The van der Waals surface area contributed by atoms with Crippen molar-refractivity contribution < 1.29 is 5.11 Å². The van der Waals surface area contributed by atoms with Gasteiger partial charge in [0, 0.05) is 11.9 Å². The van der Waals surface area contributed by atoms with E-state index in [1.54, 1.807) is 18.3 Å². The summed E-state index contributed by atoms with van der Waals surface area (Å²) in [6.45, 7) is 7.58. The number of thiazole rings is 1. The summed E-state index contributed by atoms with van der Waals surface area (Å²) in [6, 6.07) is 9.64. The summed E-state index contributed by atoms with van der Waals surface area (Å²) in [5.74, 6) is 0.680. The molecule has 0 aliphatic carbocycles. The standard InChI is InChI=1S/C18H26N4OS/c1-4-16-22-15(12-24-16)11-20-17(19-5-2)21-13-18(3,23)14-9-7-6-8-10-14/h6-10,12,23H,4-5,11,13H2,1-3H3,(H2,19,20,21). The summed E-state index contributed by atoms with van der Waals surface area (Å²) in [5.41, 5.74) is 0.886. The van der Waals surface area contributed by atoms with Crippen LogP contribution in [0, 0.1) is 0 Å². The molecule has 1 aromatic heterocycles. The highest BCUT2D eigenvalue weighted by Crippen LogP contribution is 2.18. The first-order valence-corrected chi connectivity index (χ1v) is 9.16. The number of aliphatic imine (C=N–C) groups is 1. The lowest BCUT2D eigenvalue weighted by atomic mass is 9.96. The van der Waals surface area contributed by atoms with Crippen molar-refractivity contribution in [1.82, 2.24) is 15.6 Å². The Morgan fingerprint density at radius 3 is 2.62 bits per heavy atom. The minimum Gasteiger partial charge on any atom is -0.384 e. The molecule has 0 amide bonds. The van der Waals surface area contributed by atoms with E-state index in [1.165, 1.54) is 0 Å². The van der Waals surface area contributed by atoms with Crippen molar-refractivity contribution in [3.8, 4) is 0 Å². The minimum atomic E-state index is -0.965. The second kappa shape index (κ2) is 8.80. The minimum absolute atomic E-state index is 0.375. The molecule has 0 aliphatic heterocycles. The van der Waals surface area contributed by atoms with E-state index in [4.69, 9.17) is 0 Å². The first kappa shape index (κ1) is 18.4. The first-order valence-electron chi connectivity index (χ1n) is 8.28. The SMILES string of the molecule is CCNC(=NCc1csc(CC)n1)NCC(C)(O)c1ccccc1. The monoisotopic (exact) mass is 346 g/mol. The van der Waals surface area contributed by atoms with Crippen LogP contribution in [0.1, 0.15) is 37.0 Å². The van der Waals surface area contributed by atoms with E-state index in [1.807, 2.05) is 42.6 Å². The Morgan fingerprint density at radius 2 is 2.00 bits per heavy atom. The van der Waals surface area contributed by atoms with Gasteiger partial charge in [-0.1, -0.05) is 37.3 Å². The van der Waals surface area contributed by atoms with Gasteiger partial charge in [0.05, 0.1) is 23.8 Å². The van der Waals surface area contributed by atoms with Crippen LogP contribution in [-0.4, -0.2) is 29.1 Å². The van der Waals surface area contributed by atoms with Gasteiger partial charge in [-0.05, 0) is 25.8 Å². The molecular formula is C18H26N4OS. The molecule has 1 unspecified atom stereocenters. The summed E-state index contributed by atoms with van der Waals surface area (Å²) in [4.78, 5) is 9.08. The molecule has 2 aromatic rings. The summed E-state index contributed by atoms with van der Waals surface area (Å²) >= 11 is 1.67. The molecule has 0 fully saturated rings. The molecule has 1 atom stereocenters. The van der Waals surface area contributed by atoms with Gasteiger partial charge in [0.25, 0.3) is 0 Å². The van der Waals surface area contributed by atoms with Crippen molar-refractivity contribution in [2.45, 2.75) is 39.3 Å². The van der Waals surface area contributed by atoms with Crippen LogP contribution in [0.4, 0.5) is 0 Å². The van der Waals surface area contributed by atoms with E-state index < -0.39 is 5.60 Å². The number of aryl methyl sites for hydroxylation is 1. The van der Waals surface area contributed by atoms with Gasteiger partial charge in [-0.3, -0.25) is 0 Å². The maximum absolute atomic E-state index is 10.7. The van der Waals surface area contributed by atoms with Crippen molar-refractivity contribution in [2.24, 2.45) is 4.99 Å². The quantitative estimate of drug-likeness (QED) is 0.532. The lowest BCUT2D eigenvalue weighted by molar-refractivity contribution is 0.0617. The molecule has 24 heavy (non-hydrogen) atoms. The van der Waals surface area contributed by atoms with E-state index in [-0.39, 0.29) is 0 Å². The van der Waals surface area contributed by atoms with Crippen molar-refractivity contribution in [3.63, 3.8) is 0 Å². The third kappa shape index (κ3) is 5.32. The van der Waals surface area contributed by atoms with Gasteiger partial charge in [0.15, 0.2) is 5.96 Å². The van der Waals surface area contributed by atoms with Crippen LogP contribution in [0.25, 0.3) is 0 Å². The van der Waals surface area contributed by atoms with Gasteiger partial charge >= 0.3 is 0 Å². The molecule has 0 radical (unpaired) electrons. The zero-order valence-corrected chi connectivity index (χ0v) is 15.4. The third-order valence-corrected chi connectivity index (χ3v) is 4.68. The predicted octanol–water partition coefficient (Wildman–Crippen LogP) is 2.67. The van der Waals surface area contributed by atoms with Crippen LogP contribution < -0.4 is 10.6 Å². The Kier molecular flexibility index (Phi) is 6.75. The van der Waals surface area contributed by atoms with Crippen molar-refractivity contribution in [2.75, 3.05) is 13.1 Å². The fourth-order valence-corrected chi connectivity index (χ4v) is 2.98. The highest BCUT2D eigenvalue weighted by molar-refractivity contribution is 7.09. The van der Waals surface area contributed by atoms with E-state index in [9.17, 15) is 5.11 Å². The van der Waals surface area contributed by atoms with E-state index in [2.05, 4.69) is 27.5 Å². The normalized spacial score (nSPS) is 14.2. The van der Waals surface area contributed by atoms with Gasteiger partial charge < -0.3 is 15.7 Å². The van der Waals surface area contributed by atoms with E-state index in [0.29, 0.717) is 19.0 Å². The summed E-state index contributed by atoms with van der Waals surface area (Å²) in [5, 5.41) is 20.3. The number of aliphatic hydroxyl groups is 1. The van der Waals surface area contributed by atoms with E-state index >= 15 is 0 Å². The number of nitrogens with one attached hydrogen (secondary N) is 2. The lowest BCUT2D eigenvalue weighted by Gasteiger charge is -2.25. The number of aromatic nitrogens is 1. The van der Waals surface area contributed by atoms with Gasteiger partial charge in [-0.2, -0.15) is 0 Å². The van der Waals surface area contributed by atoms with Gasteiger partial charge in [0.2, 0.25) is 0 Å². The maximum Gasteiger partial charge on any atom is 0.191 e. The number of rotatable bonds is 7. The summed E-state index contributed by atoms with van der Waals surface area (Å²) in [6.07, 6.45) is 0.951. The molecule has 3 N–H and O–H groups in total. The number of benzene rings is 1. The van der Waals surface area contributed by atoms with Crippen molar-refractivity contribution in [3.05, 3.63) is 52.0 Å². The zero-order valence-electron chi connectivity index (χ0n) is 14.5. The molecule has 0 saturated heterocycles. The molecule has 5 nitrogen and oxygen atoms in total. The van der Waals surface area contributed by atoms with Gasteiger partial charge in [0.1, 0.15) is 5.60 Å². The number of guanidine groups is 1. The Bertz CT molecular complexity index is 652. The number of nitrogens with zero attached hydrogens (tertiary/aromatic N) is 2. The first-order chi connectivity index (χ1) is 11.5. The molecule has 1 aromatic carbocycles. The summed E-state index contributed by atoms with van der Waals surface area (Å²) in [7, 11) is 0. The van der Waals surface area contributed by atoms with Crippen LogP contribution in [0.5, 0.6) is 0 Å². The lowest BCUT2D eigenvalue weighted by Crippen LogP contribution is -2.44. The smallest absolute Gasteiger partial charge is 0.191 e. The molecule has 0 saturated carbocycles. The fraction of sp³-hybridized carbons (Fsp3) is 0.444. The molecule has 0 aliphatic rings. The molecule has 1 heterocycles. The van der Waals surface area contributed by atoms with Crippen LogP contribution >= 0.6 is 11.3 Å². The van der Waals surface area contributed by atoms with Crippen LogP contribution in [0.3, 0.4) is 0 Å². The summed E-state index contributed by atoms with van der Waals surface area (Å²) < 4.78 is 0. The van der Waals surface area contributed by atoms with Gasteiger partial charge in [-0.25, -0.2) is 9.98 Å². The van der Waals surface area contributed by atoms with Crippen molar-refractivity contribution >= 4 is 17.3 Å². The predicted molar refractivity (Wildman–Crippen MR) is 100 cm³/mol. The average Bonchev–Trinajstić information content (AvgIpc) is 3.06. The van der Waals surface area contributed by atoms with E-state index in [0.717, 1.165) is 29.2 Å². The molecule has 6 heteroatoms. The molecule has 0 spiro atoms. The topological polar surface area (TPSA) is 69.5 Å². The van der Waals surface area contributed by atoms with Gasteiger partial charge in [-0.15, -0.1) is 11.3 Å². The molecular weight excluding hydrogens is 320 g/mol. The highest BCUT2D eigenvalue weighted by atomic mass is 32.1. The second-order valence-electron chi connectivity index (χ2n) is 5.77. The second-order valence-corrected chi connectivity index (χ2v) is 6.72. The maximum atomic E-state index is 10.7. The largest absolute Gasteiger partial charge is 0.384 e. The average molecular weight is 346 g/mol. The Hall–Kier alpha value is -1.92. The van der Waals surface area contributed by atoms with Crippen molar-refractivity contribution in [1.29, 1.82) is 0 Å². The molecule has 2 rings (SSSR count). The number of hydrogen-bond donors (Lipinski definition) is 3. The van der Waals surface area contributed by atoms with Crippen LogP contribution in [0.2, 0.25) is 0 Å². The Labute approximate surface area is 147 Å². The van der Waals surface area contributed by atoms with Crippen LogP contribution in [0.15, 0.2) is 40.7 Å². The van der Waals surface area contributed by atoms with Crippen LogP contribution in [-0.2, 0) is 18.6 Å². The molecule has 130 valence electrons. The third-order valence-electron chi connectivity index (χ3n) is 3.64. The number of hydrogen-bond acceptors (Lipinski definition) is 4.